The van der Waals surface area contributed by atoms with Crippen molar-refractivity contribution in [2.45, 2.75) is 58.5 Å². The lowest BCUT2D eigenvalue weighted by Crippen LogP contribution is -2.30. The summed E-state index contributed by atoms with van der Waals surface area (Å²) in [6, 6.07) is 0. The van der Waals surface area contributed by atoms with Crippen LogP contribution in [-0.2, 0) is 0 Å². The quantitative estimate of drug-likeness (QED) is 0.638. The molecule has 0 amide bonds. The zero-order chi connectivity index (χ0) is 10.8. The highest BCUT2D eigenvalue weighted by Gasteiger charge is 2.47. The third-order valence-electron chi connectivity index (χ3n) is 3.84. The molecule has 0 aliphatic heterocycles. The van der Waals surface area contributed by atoms with Gasteiger partial charge in [0.2, 0.25) is 0 Å². The molecule has 0 nitrogen and oxygen atoms in total. The molecule has 0 heterocycles. The van der Waals surface area contributed by atoms with Gasteiger partial charge in [-0.25, -0.2) is 0 Å². The third kappa shape index (κ3) is 2.43. The van der Waals surface area contributed by atoms with Crippen LogP contribution in [0, 0.1) is 11.3 Å². The van der Waals surface area contributed by atoms with Gasteiger partial charge in [0.25, 0.3) is 0 Å². The van der Waals surface area contributed by atoms with Crippen LogP contribution in [0.2, 0.25) is 0 Å². The SMILES string of the molecule is CCC1CCCC1(CC)CC(F)(F)F. The maximum absolute atomic E-state index is 12.4. The Labute approximate surface area is 83.9 Å². The molecule has 1 aliphatic rings. The summed E-state index contributed by atoms with van der Waals surface area (Å²) in [4.78, 5) is 0. The summed E-state index contributed by atoms with van der Waals surface area (Å²) in [6.07, 6.45) is -0.276. The lowest BCUT2D eigenvalue weighted by atomic mass is 9.72. The van der Waals surface area contributed by atoms with E-state index < -0.39 is 18.0 Å². The van der Waals surface area contributed by atoms with Gasteiger partial charge < -0.3 is 0 Å². The van der Waals surface area contributed by atoms with Crippen LogP contribution in [0.4, 0.5) is 13.2 Å². The first-order chi connectivity index (χ1) is 6.43. The van der Waals surface area contributed by atoms with E-state index in [2.05, 4.69) is 0 Å². The molecule has 0 N–H and O–H groups in total. The van der Waals surface area contributed by atoms with Crippen LogP contribution in [0.25, 0.3) is 0 Å². The van der Waals surface area contributed by atoms with Crippen molar-refractivity contribution in [1.82, 2.24) is 0 Å². The van der Waals surface area contributed by atoms with Crippen molar-refractivity contribution in [2.24, 2.45) is 11.3 Å². The Morgan fingerprint density at radius 3 is 2.36 bits per heavy atom. The van der Waals surface area contributed by atoms with Crippen molar-refractivity contribution in [3.63, 3.8) is 0 Å². The fourth-order valence-corrected chi connectivity index (χ4v) is 3.07. The molecule has 2 atom stereocenters. The minimum atomic E-state index is -3.99. The van der Waals surface area contributed by atoms with Crippen LogP contribution < -0.4 is 0 Å². The summed E-state index contributed by atoms with van der Waals surface area (Å²) >= 11 is 0. The Morgan fingerprint density at radius 1 is 1.29 bits per heavy atom. The largest absolute Gasteiger partial charge is 0.389 e. The first kappa shape index (κ1) is 11.9. The van der Waals surface area contributed by atoms with Crippen molar-refractivity contribution in [3.05, 3.63) is 0 Å². The number of rotatable bonds is 3. The Hall–Kier alpha value is -0.210. The van der Waals surface area contributed by atoms with Crippen molar-refractivity contribution in [2.75, 3.05) is 0 Å². The van der Waals surface area contributed by atoms with E-state index in [0.717, 1.165) is 25.7 Å². The molecule has 1 saturated carbocycles. The van der Waals surface area contributed by atoms with Crippen molar-refractivity contribution in [3.8, 4) is 0 Å². The fraction of sp³-hybridized carbons (Fsp3) is 1.00. The molecule has 0 saturated heterocycles. The van der Waals surface area contributed by atoms with Gasteiger partial charge in [-0.1, -0.05) is 26.7 Å². The van der Waals surface area contributed by atoms with E-state index >= 15 is 0 Å². The molecule has 84 valence electrons. The van der Waals surface area contributed by atoms with Gasteiger partial charge in [-0.05, 0) is 30.6 Å². The highest BCUT2D eigenvalue weighted by atomic mass is 19.4. The van der Waals surface area contributed by atoms with E-state index in [4.69, 9.17) is 0 Å². The van der Waals surface area contributed by atoms with Crippen LogP contribution in [0.15, 0.2) is 0 Å². The van der Waals surface area contributed by atoms with Crippen LogP contribution >= 0.6 is 0 Å². The minimum Gasteiger partial charge on any atom is -0.171 e. The van der Waals surface area contributed by atoms with Gasteiger partial charge in [-0.2, -0.15) is 13.2 Å². The molecule has 0 bridgehead atoms. The predicted molar refractivity (Wildman–Crippen MR) is 51.0 cm³/mol. The number of halogens is 3. The number of hydrogen-bond acceptors (Lipinski definition) is 0. The van der Waals surface area contributed by atoms with Crippen LogP contribution in [0.3, 0.4) is 0 Å². The predicted octanol–water partition coefficient (Wildman–Crippen LogP) is 4.55. The van der Waals surface area contributed by atoms with E-state index in [1.165, 1.54) is 0 Å². The first-order valence-electron chi connectivity index (χ1n) is 5.50. The van der Waals surface area contributed by atoms with Gasteiger partial charge >= 0.3 is 6.18 Å². The molecule has 0 aromatic rings. The van der Waals surface area contributed by atoms with Crippen molar-refractivity contribution < 1.29 is 13.2 Å². The number of hydrogen-bond donors (Lipinski definition) is 0. The Kier molecular flexibility index (Phi) is 3.49. The minimum absolute atomic E-state index is 0.286. The molecule has 1 rings (SSSR count). The molecule has 0 radical (unpaired) electrons. The van der Waals surface area contributed by atoms with E-state index in [-0.39, 0.29) is 5.92 Å². The van der Waals surface area contributed by atoms with E-state index in [0.29, 0.717) is 6.42 Å². The second kappa shape index (κ2) is 4.11. The third-order valence-corrected chi connectivity index (χ3v) is 3.84. The van der Waals surface area contributed by atoms with Crippen molar-refractivity contribution >= 4 is 0 Å². The molecular weight excluding hydrogens is 189 g/mol. The summed E-state index contributed by atoms with van der Waals surface area (Å²) in [5.41, 5.74) is -0.438. The monoisotopic (exact) mass is 208 g/mol. The molecule has 0 aromatic heterocycles. The highest BCUT2D eigenvalue weighted by molar-refractivity contribution is 4.91. The first-order valence-corrected chi connectivity index (χ1v) is 5.50. The zero-order valence-corrected chi connectivity index (χ0v) is 8.95. The van der Waals surface area contributed by atoms with Gasteiger partial charge in [0.05, 0.1) is 0 Å². The average Bonchev–Trinajstić information content (AvgIpc) is 2.45. The Morgan fingerprint density at radius 2 is 1.93 bits per heavy atom. The second-order valence-corrected chi connectivity index (χ2v) is 4.51. The smallest absolute Gasteiger partial charge is 0.171 e. The Bertz CT molecular complexity index is 185. The van der Waals surface area contributed by atoms with E-state index in [1.54, 1.807) is 0 Å². The average molecular weight is 208 g/mol. The molecular formula is C11H19F3. The van der Waals surface area contributed by atoms with Gasteiger partial charge in [-0.3, -0.25) is 0 Å². The summed E-state index contributed by atoms with van der Waals surface area (Å²) in [6.45, 7) is 3.91. The fourth-order valence-electron chi connectivity index (χ4n) is 3.07. The molecule has 1 fully saturated rings. The van der Waals surface area contributed by atoms with Crippen molar-refractivity contribution in [1.29, 1.82) is 0 Å². The lowest BCUT2D eigenvalue weighted by Gasteiger charge is -2.35. The standard InChI is InChI=1S/C11H19F3/c1-3-9-6-5-7-10(9,4-2)8-11(12,13)14/h9H,3-8H2,1-2H3. The van der Waals surface area contributed by atoms with Gasteiger partial charge in [0.1, 0.15) is 0 Å². The molecule has 3 heteroatoms. The molecule has 0 aromatic carbocycles. The molecule has 1 aliphatic carbocycles. The Balaban J connectivity index is 2.74. The molecule has 0 spiro atoms. The van der Waals surface area contributed by atoms with E-state index in [1.807, 2.05) is 13.8 Å². The zero-order valence-electron chi connectivity index (χ0n) is 8.95. The summed E-state index contributed by atoms with van der Waals surface area (Å²) in [5.74, 6) is 0.286. The van der Waals surface area contributed by atoms with Crippen LogP contribution in [0.1, 0.15) is 52.4 Å². The lowest BCUT2D eigenvalue weighted by molar-refractivity contribution is -0.164. The number of alkyl halides is 3. The summed E-state index contributed by atoms with van der Waals surface area (Å²) in [5, 5.41) is 0. The molecule has 2 unspecified atom stereocenters. The van der Waals surface area contributed by atoms with Gasteiger partial charge in [-0.15, -0.1) is 0 Å². The van der Waals surface area contributed by atoms with Crippen LogP contribution in [-0.4, -0.2) is 6.18 Å². The summed E-state index contributed by atoms with van der Waals surface area (Å²) in [7, 11) is 0. The normalized spacial score (nSPS) is 33.6. The van der Waals surface area contributed by atoms with E-state index in [9.17, 15) is 13.2 Å². The highest BCUT2D eigenvalue weighted by Crippen LogP contribution is 2.53. The molecule has 14 heavy (non-hydrogen) atoms. The maximum atomic E-state index is 12.4. The summed E-state index contributed by atoms with van der Waals surface area (Å²) < 4.78 is 37.3. The second-order valence-electron chi connectivity index (χ2n) is 4.51. The van der Waals surface area contributed by atoms with Crippen LogP contribution in [0.5, 0.6) is 0 Å². The van der Waals surface area contributed by atoms with Gasteiger partial charge in [0.15, 0.2) is 0 Å². The van der Waals surface area contributed by atoms with Gasteiger partial charge in [0, 0.05) is 6.42 Å². The maximum Gasteiger partial charge on any atom is 0.389 e. The topological polar surface area (TPSA) is 0 Å².